The van der Waals surface area contributed by atoms with E-state index >= 15 is 0 Å². The molecular weight excluding hydrogens is 262 g/mol. The van der Waals surface area contributed by atoms with Crippen LogP contribution in [0.5, 0.6) is 0 Å². The van der Waals surface area contributed by atoms with E-state index in [1.807, 2.05) is 23.5 Å². The minimum Gasteiger partial charge on any atom is -0.318 e. The predicted molar refractivity (Wildman–Crippen MR) is 73.9 cm³/mol. The van der Waals surface area contributed by atoms with Crippen molar-refractivity contribution in [3.8, 4) is 0 Å². The lowest BCUT2D eigenvalue weighted by Gasteiger charge is -2.03. The monoisotopic (exact) mass is 281 g/mol. The normalized spacial score (nSPS) is 11.1. The van der Waals surface area contributed by atoms with Gasteiger partial charge in [-0.3, -0.25) is 4.68 Å². The van der Waals surface area contributed by atoms with Gasteiger partial charge < -0.3 is 5.32 Å². The third kappa shape index (κ3) is 3.54. The maximum atomic E-state index is 4.44. The highest BCUT2D eigenvalue weighted by atomic mass is 32.2. The fourth-order valence-corrected chi connectivity index (χ4v) is 2.59. The van der Waals surface area contributed by atoms with Crippen molar-refractivity contribution in [2.75, 3.05) is 13.6 Å². The first-order chi connectivity index (χ1) is 9.24. The largest absolute Gasteiger partial charge is 0.318 e. The Hall–Kier alpha value is -1.41. The standard InChI is InChI=1S/C11H19N7S/c1-4-9-7-10(17(3)14-9)8-19-11-13-15-16-18(11)6-5-12-2/h7,12H,4-6,8H2,1-3H3. The molecule has 0 aliphatic carbocycles. The summed E-state index contributed by atoms with van der Waals surface area (Å²) in [4.78, 5) is 0. The lowest BCUT2D eigenvalue weighted by atomic mass is 10.3. The molecule has 8 heteroatoms. The molecule has 2 rings (SSSR count). The van der Waals surface area contributed by atoms with Crippen LogP contribution in [0.2, 0.25) is 0 Å². The number of thioether (sulfide) groups is 1. The van der Waals surface area contributed by atoms with E-state index in [-0.39, 0.29) is 0 Å². The van der Waals surface area contributed by atoms with Crippen molar-refractivity contribution in [3.05, 3.63) is 17.5 Å². The Kier molecular flexibility index (Phi) is 4.92. The number of tetrazole rings is 1. The molecule has 19 heavy (non-hydrogen) atoms. The Morgan fingerprint density at radius 2 is 2.26 bits per heavy atom. The van der Waals surface area contributed by atoms with E-state index in [1.165, 1.54) is 5.69 Å². The molecule has 0 aromatic carbocycles. The maximum Gasteiger partial charge on any atom is 0.209 e. The molecule has 0 amide bonds. The number of nitrogens with zero attached hydrogens (tertiary/aromatic N) is 6. The summed E-state index contributed by atoms with van der Waals surface area (Å²) >= 11 is 1.63. The molecule has 2 heterocycles. The van der Waals surface area contributed by atoms with Crippen molar-refractivity contribution in [2.24, 2.45) is 7.05 Å². The summed E-state index contributed by atoms with van der Waals surface area (Å²) in [5.74, 6) is 0.823. The number of hydrogen-bond donors (Lipinski definition) is 1. The Morgan fingerprint density at radius 1 is 1.42 bits per heavy atom. The lowest BCUT2D eigenvalue weighted by Crippen LogP contribution is -2.16. The van der Waals surface area contributed by atoms with Gasteiger partial charge in [0.25, 0.3) is 0 Å². The number of rotatable bonds is 7. The van der Waals surface area contributed by atoms with Gasteiger partial charge in [-0.25, -0.2) is 4.68 Å². The van der Waals surface area contributed by atoms with Gasteiger partial charge in [0.15, 0.2) is 0 Å². The minimum absolute atomic E-state index is 0.775. The van der Waals surface area contributed by atoms with Crippen molar-refractivity contribution >= 4 is 11.8 Å². The fourth-order valence-electron chi connectivity index (χ4n) is 1.68. The number of aryl methyl sites for hydroxylation is 2. The molecule has 0 radical (unpaired) electrons. The summed E-state index contributed by atoms with van der Waals surface area (Å²) < 4.78 is 3.74. The van der Waals surface area contributed by atoms with Crippen LogP contribution in [0, 0.1) is 0 Å². The van der Waals surface area contributed by atoms with E-state index in [0.717, 1.165) is 36.1 Å². The highest BCUT2D eigenvalue weighted by Gasteiger charge is 2.09. The van der Waals surface area contributed by atoms with Crippen LogP contribution in [0.1, 0.15) is 18.3 Å². The number of nitrogens with one attached hydrogen (secondary N) is 1. The second-order valence-corrected chi connectivity index (χ2v) is 5.12. The van der Waals surface area contributed by atoms with Gasteiger partial charge in [0, 0.05) is 25.0 Å². The van der Waals surface area contributed by atoms with Crippen molar-refractivity contribution in [1.82, 2.24) is 35.3 Å². The molecule has 1 N–H and O–H groups in total. The third-order valence-corrected chi connectivity index (χ3v) is 3.80. The molecule has 0 saturated carbocycles. The van der Waals surface area contributed by atoms with Gasteiger partial charge in [-0.05, 0) is 30.0 Å². The van der Waals surface area contributed by atoms with Gasteiger partial charge in [-0.2, -0.15) is 5.10 Å². The Morgan fingerprint density at radius 3 is 2.95 bits per heavy atom. The molecule has 0 bridgehead atoms. The molecule has 0 aliphatic rings. The summed E-state index contributed by atoms with van der Waals surface area (Å²) in [5, 5.41) is 20.1. The Balaban J connectivity index is 1.98. The summed E-state index contributed by atoms with van der Waals surface area (Å²) in [7, 11) is 3.89. The van der Waals surface area contributed by atoms with Gasteiger partial charge in [0.1, 0.15) is 0 Å². The van der Waals surface area contributed by atoms with Crippen molar-refractivity contribution in [2.45, 2.75) is 30.8 Å². The summed E-state index contributed by atoms with van der Waals surface area (Å²) in [6, 6.07) is 2.13. The van der Waals surface area contributed by atoms with Crippen molar-refractivity contribution < 1.29 is 0 Å². The third-order valence-electron chi connectivity index (χ3n) is 2.81. The molecule has 104 valence electrons. The van der Waals surface area contributed by atoms with E-state index in [2.05, 4.69) is 38.9 Å². The van der Waals surface area contributed by atoms with Crippen molar-refractivity contribution in [1.29, 1.82) is 0 Å². The first-order valence-corrected chi connectivity index (χ1v) is 7.28. The van der Waals surface area contributed by atoms with Crippen LogP contribution < -0.4 is 5.32 Å². The van der Waals surface area contributed by atoms with Crippen LogP contribution in [0.15, 0.2) is 11.2 Å². The molecule has 0 saturated heterocycles. The fraction of sp³-hybridized carbons (Fsp3) is 0.636. The topological polar surface area (TPSA) is 73.5 Å². The van der Waals surface area contributed by atoms with E-state index < -0.39 is 0 Å². The van der Waals surface area contributed by atoms with Gasteiger partial charge in [-0.15, -0.1) is 5.10 Å². The van der Waals surface area contributed by atoms with Crippen LogP contribution in [0.25, 0.3) is 0 Å². The molecule has 0 atom stereocenters. The summed E-state index contributed by atoms with van der Waals surface area (Å²) in [5.41, 5.74) is 2.30. The van der Waals surface area contributed by atoms with Gasteiger partial charge in [0.05, 0.1) is 12.2 Å². The SMILES string of the molecule is CCc1cc(CSc2nnnn2CCNC)n(C)n1. The zero-order valence-electron chi connectivity index (χ0n) is 11.5. The zero-order valence-corrected chi connectivity index (χ0v) is 12.3. The molecule has 0 aliphatic heterocycles. The Bertz CT molecular complexity index is 519. The van der Waals surface area contributed by atoms with Gasteiger partial charge >= 0.3 is 0 Å². The second-order valence-electron chi connectivity index (χ2n) is 4.18. The molecular formula is C11H19N7S. The van der Waals surface area contributed by atoms with Crippen LogP contribution >= 0.6 is 11.8 Å². The number of hydrogen-bond acceptors (Lipinski definition) is 6. The second kappa shape index (κ2) is 6.67. The van der Waals surface area contributed by atoms with Crippen LogP contribution in [-0.2, 0) is 25.8 Å². The average Bonchev–Trinajstić information content (AvgIpc) is 3.00. The van der Waals surface area contributed by atoms with Crippen LogP contribution in [0.3, 0.4) is 0 Å². The Labute approximate surface area is 116 Å². The van der Waals surface area contributed by atoms with E-state index in [9.17, 15) is 0 Å². The van der Waals surface area contributed by atoms with Gasteiger partial charge in [-0.1, -0.05) is 18.7 Å². The molecule has 0 unspecified atom stereocenters. The highest BCUT2D eigenvalue weighted by Crippen LogP contribution is 2.20. The number of likely N-dealkylation sites (N-methyl/N-ethyl adjacent to an activating group) is 1. The van der Waals surface area contributed by atoms with Crippen molar-refractivity contribution in [3.63, 3.8) is 0 Å². The average molecular weight is 281 g/mol. The van der Waals surface area contributed by atoms with E-state index in [4.69, 9.17) is 0 Å². The first kappa shape index (κ1) is 14.0. The molecule has 7 nitrogen and oxygen atoms in total. The van der Waals surface area contributed by atoms with Crippen LogP contribution in [0.4, 0.5) is 0 Å². The lowest BCUT2D eigenvalue weighted by molar-refractivity contribution is 0.530. The number of aromatic nitrogens is 6. The van der Waals surface area contributed by atoms with E-state index in [1.54, 1.807) is 11.8 Å². The summed E-state index contributed by atoms with van der Waals surface area (Å²) in [6.45, 7) is 3.74. The summed E-state index contributed by atoms with van der Waals surface area (Å²) in [6.07, 6.45) is 0.957. The van der Waals surface area contributed by atoms with Gasteiger partial charge in [0.2, 0.25) is 5.16 Å². The van der Waals surface area contributed by atoms with Crippen LogP contribution in [-0.4, -0.2) is 43.6 Å². The highest BCUT2D eigenvalue weighted by molar-refractivity contribution is 7.98. The molecule has 0 spiro atoms. The molecule has 2 aromatic rings. The smallest absolute Gasteiger partial charge is 0.209 e. The minimum atomic E-state index is 0.775. The van der Waals surface area contributed by atoms with E-state index in [0.29, 0.717) is 0 Å². The zero-order chi connectivity index (χ0) is 13.7. The maximum absolute atomic E-state index is 4.44. The quantitative estimate of drug-likeness (QED) is 0.744. The molecule has 2 aromatic heterocycles. The molecule has 0 fully saturated rings. The first-order valence-electron chi connectivity index (χ1n) is 6.30. The predicted octanol–water partition coefficient (Wildman–Crippen LogP) is 0.481.